The summed E-state index contributed by atoms with van der Waals surface area (Å²) in [7, 11) is 0. The van der Waals surface area contributed by atoms with Gasteiger partial charge in [0.15, 0.2) is 6.61 Å². The topological polar surface area (TPSA) is 65.4 Å². The van der Waals surface area contributed by atoms with Crippen molar-refractivity contribution in [1.82, 2.24) is 4.57 Å². The lowest BCUT2D eigenvalue weighted by molar-refractivity contribution is -0.143. The third-order valence-corrected chi connectivity index (χ3v) is 4.39. The maximum Gasteiger partial charge on any atom is 0.306 e. The molecule has 2 rings (SSSR count). The van der Waals surface area contributed by atoms with E-state index in [1.165, 1.54) is 6.92 Å². The lowest BCUT2D eigenvalue weighted by Crippen LogP contribution is -2.15. The number of esters is 1. The SMILES string of the molecule is CC(=O)CCC(=O)OCC(=O)c1cc(C)n(-c2ccc(Br)cc2)c1C. The summed E-state index contributed by atoms with van der Waals surface area (Å²) < 4.78 is 7.94. The van der Waals surface area contributed by atoms with E-state index in [-0.39, 0.29) is 31.0 Å². The molecule has 0 atom stereocenters. The van der Waals surface area contributed by atoms with Crippen LogP contribution in [-0.2, 0) is 14.3 Å². The zero-order chi connectivity index (χ0) is 18.6. The molecular weight excluding hydrogens is 386 g/mol. The number of nitrogens with zero attached hydrogens (tertiary/aromatic N) is 1. The molecule has 1 aromatic heterocycles. The second kappa shape index (κ2) is 8.25. The quantitative estimate of drug-likeness (QED) is 0.516. The van der Waals surface area contributed by atoms with E-state index in [9.17, 15) is 14.4 Å². The van der Waals surface area contributed by atoms with E-state index in [1.807, 2.05) is 42.7 Å². The highest BCUT2D eigenvalue weighted by molar-refractivity contribution is 9.10. The number of halogens is 1. The van der Waals surface area contributed by atoms with Crippen LogP contribution >= 0.6 is 15.9 Å². The Morgan fingerprint density at radius 2 is 1.72 bits per heavy atom. The summed E-state index contributed by atoms with van der Waals surface area (Å²) in [5.41, 5.74) is 3.20. The average Bonchev–Trinajstić information content (AvgIpc) is 2.86. The van der Waals surface area contributed by atoms with Gasteiger partial charge in [-0.2, -0.15) is 0 Å². The second-order valence-electron chi connectivity index (χ2n) is 5.88. The molecule has 0 aliphatic carbocycles. The van der Waals surface area contributed by atoms with E-state index >= 15 is 0 Å². The van der Waals surface area contributed by atoms with Gasteiger partial charge in [-0.25, -0.2) is 0 Å². The fourth-order valence-corrected chi connectivity index (χ4v) is 2.87. The molecule has 0 unspecified atom stereocenters. The number of carbonyl (C=O) groups excluding carboxylic acids is 3. The molecule has 0 fully saturated rings. The van der Waals surface area contributed by atoms with Crippen molar-refractivity contribution in [2.75, 3.05) is 6.61 Å². The highest BCUT2D eigenvalue weighted by Gasteiger charge is 2.18. The second-order valence-corrected chi connectivity index (χ2v) is 6.80. The molecule has 2 aromatic rings. The summed E-state index contributed by atoms with van der Waals surface area (Å²) in [5.74, 6) is -0.876. The third-order valence-electron chi connectivity index (χ3n) is 3.86. The Kier molecular flexibility index (Phi) is 6.31. The van der Waals surface area contributed by atoms with Crippen molar-refractivity contribution in [3.8, 4) is 5.69 Å². The van der Waals surface area contributed by atoms with Crippen molar-refractivity contribution in [2.24, 2.45) is 0 Å². The van der Waals surface area contributed by atoms with Crippen LogP contribution in [0.3, 0.4) is 0 Å². The number of aromatic nitrogens is 1. The highest BCUT2D eigenvalue weighted by atomic mass is 79.9. The van der Waals surface area contributed by atoms with E-state index in [0.717, 1.165) is 21.5 Å². The smallest absolute Gasteiger partial charge is 0.306 e. The van der Waals surface area contributed by atoms with Crippen molar-refractivity contribution in [2.45, 2.75) is 33.6 Å². The molecule has 1 aromatic carbocycles. The summed E-state index contributed by atoms with van der Waals surface area (Å²) in [6.45, 7) is 4.88. The summed E-state index contributed by atoms with van der Waals surface area (Å²) in [6.07, 6.45) is 0.131. The molecule has 5 nitrogen and oxygen atoms in total. The minimum Gasteiger partial charge on any atom is -0.457 e. The van der Waals surface area contributed by atoms with Gasteiger partial charge in [0, 0.05) is 33.5 Å². The summed E-state index contributed by atoms with van der Waals surface area (Å²) in [5, 5.41) is 0. The first-order chi connectivity index (χ1) is 11.8. The van der Waals surface area contributed by atoms with Crippen molar-refractivity contribution < 1.29 is 19.1 Å². The van der Waals surface area contributed by atoms with E-state index < -0.39 is 5.97 Å². The van der Waals surface area contributed by atoms with Gasteiger partial charge >= 0.3 is 5.97 Å². The van der Waals surface area contributed by atoms with Gasteiger partial charge in [0.2, 0.25) is 5.78 Å². The van der Waals surface area contributed by atoms with Crippen molar-refractivity contribution >= 4 is 33.5 Å². The van der Waals surface area contributed by atoms with Crippen LogP contribution in [0.25, 0.3) is 5.69 Å². The molecule has 132 valence electrons. The van der Waals surface area contributed by atoms with Crippen LogP contribution in [0.15, 0.2) is 34.8 Å². The number of ketones is 2. The Bertz CT molecular complexity index is 806. The molecule has 25 heavy (non-hydrogen) atoms. The fraction of sp³-hybridized carbons (Fsp3) is 0.316. The van der Waals surface area contributed by atoms with Crippen LogP contribution in [0, 0.1) is 13.8 Å². The lowest BCUT2D eigenvalue weighted by atomic mass is 10.1. The normalized spacial score (nSPS) is 10.6. The maximum absolute atomic E-state index is 12.4. The molecule has 0 saturated carbocycles. The summed E-state index contributed by atoms with van der Waals surface area (Å²) in [4.78, 5) is 34.8. The molecule has 0 bridgehead atoms. The van der Waals surface area contributed by atoms with Crippen molar-refractivity contribution in [3.63, 3.8) is 0 Å². The van der Waals surface area contributed by atoms with Gasteiger partial charge < -0.3 is 14.1 Å². The molecule has 1 heterocycles. The fourth-order valence-electron chi connectivity index (χ4n) is 2.61. The molecule has 0 aliphatic heterocycles. The Morgan fingerprint density at radius 3 is 2.32 bits per heavy atom. The Labute approximate surface area is 155 Å². The molecule has 0 aliphatic rings. The first kappa shape index (κ1) is 19.1. The Balaban J connectivity index is 2.11. The predicted molar refractivity (Wildman–Crippen MR) is 98.1 cm³/mol. The number of hydrogen-bond acceptors (Lipinski definition) is 4. The molecule has 6 heteroatoms. The van der Waals surface area contributed by atoms with E-state index in [2.05, 4.69) is 15.9 Å². The van der Waals surface area contributed by atoms with Crippen LogP contribution in [0.2, 0.25) is 0 Å². The van der Waals surface area contributed by atoms with Gasteiger partial charge in [0.1, 0.15) is 5.78 Å². The van der Waals surface area contributed by atoms with Crippen molar-refractivity contribution in [1.29, 1.82) is 0 Å². The van der Waals surface area contributed by atoms with Gasteiger partial charge in [-0.05, 0) is 51.1 Å². The van der Waals surface area contributed by atoms with E-state index in [4.69, 9.17) is 4.74 Å². The van der Waals surface area contributed by atoms with Crippen LogP contribution in [0.1, 0.15) is 41.5 Å². The minimum absolute atomic E-state index is 0.000524. The number of hydrogen-bond donors (Lipinski definition) is 0. The van der Waals surface area contributed by atoms with Gasteiger partial charge in [-0.3, -0.25) is 9.59 Å². The average molecular weight is 406 g/mol. The molecule has 0 spiro atoms. The first-order valence-corrected chi connectivity index (χ1v) is 8.72. The minimum atomic E-state index is -0.537. The number of Topliss-reactive ketones (excluding diaryl/α,β-unsaturated/α-hetero) is 2. The highest BCUT2D eigenvalue weighted by Crippen LogP contribution is 2.22. The molecule has 0 saturated heterocycles. The van der Waals surface area contributed by atoms with Crippen molar-refractivity contribution in [3.05, 3.63) is 51.8 Å². The first-order valence-electron chi connectivity index (χ1n) is 7.92. The monoisotopic (exact) mass is 405 g/mol. The van der Waals surface area contributed by atoms with Crippen LogP contribution in [0.5, 0.6) is 0 Å². The van der Waals surface area contributed by atoms with Gasteiger partial charge in [0.05, 0.1) is 6.42 Å². The van der Waals surface area contributed by atoms with Gasteiger partial charge in [-0.1, -0.05) is 15.9 Å². The summed E-state index contributed by atoms with van der Waals surface area (Å²) in [6, 6.07) is 9.59. The Hall–Kier alpha value is -2.21. The standard InChI is InChI=1S/C19H20BrNO4/c1-12-10-17(18(23)11-25-19(24)9-4-13(2)22)14(3)21(12)16-7-5-15(20)6-8-16/h5-8,10H,4,9,11H2,1-3H3. The predicted octanol–water partition coefficient (Wildman–Crippen LogP) is 3.95. The van der Waals surface area contributed by atoms with Crippen LogP contribution in [-0.4, -0.2) is 28.7 Å². The largest absolute Gasteiger partial charge is 0.457 e. The van der Waals surface area contributed by atoms with Crippen LogP contribution < -0.4 is 0 Å². The number of ether oxygens (including phenoxy) is 1. The Morgan fingerprint density at radius 1 is 1.08 bits per heavy atom. The zero-order valence-corrected chi connectivity index (χ0v) is 16.1. The zero-order valence-electron chi connectivity index (χ0n) is 14.5. The van der Waals surface area contributed by atoms with Gasteiger partial charge in [0.25, 0.3) is 0 Å². The number of rotatable bonds is 7. The summed E-state index contributed by atoms with van der Waals surface area (Å²) >= 11 is 3.41. The molecular formula is C19H20BrNO4. The van der Waals surface area contributed by atoms with E-state index in [0.29, 0.717) is 5.56 Å². The number of aryl methyl sites for hydroxylation is 1. The van der Waals surface area contributed by atoms with E-state index in [1.54, 1.807) is 6.07 Å². The number of carbonyl (C=O) groups is 3. The van der Waals surface area contributed by atoms with Gasteiger partial charge in [-0.15, -0.1) is 0 Å². The molecule has 0 radical (unpaired) electrons. The number of benzene rings is 1. The van der Waals surface area contributed by atoms with Crippen LogP contribution in [0.4, 0.5) is 0 Å². The molecule has 0 amide bonds. The maximum atomic E-state index is 12.4. The molecule has 0 N–H and O–H groups in total. The lowest BCUT2D eigenvalue weighted by Gasteiger charge is -2.10. The third kappa shape index (κ3) is 4.89.